The van der Waals surface area contributed by atoms with Gasteiger partial charge in [0.15, 0.2) is 0 Å². The number of hydrogen-bond acceptors (Lipinski definition) is 2. The number of halogens is 1. The van der Waals surface area contributed by atoms with Gasteiger partial charge in [0.05, 0.1) is 0 Å². The van der Waals surface area contributed by atoms with Crippen LogP contribution in [0.1, 0.15) is 26.3 Å². The average molecular weight is 286 g/mol. The topological polar surface area (TPSA) is 58.2 Å². The molecule has 0 atom stereocenters. The minimum atomic E-state index is -0.346. The molecule has 0 spiro atoms. The molecule has 0 bridgehead atoms. The maximum atomic E-state index is 13.2. The third-order valence-electron chi connectivity index (χ3n) is 3.05. The van der Waals surface area contributed by atoms with Gasteiger partial charge in [0.25, 0.3) is 11.8 Å². The van der Waals surface area contributed by atoms with Crippen LogP contribution in [-0.2, 0) is 0 Å². The minimum absolute atomic E-state index is 0.193. The first kappa shape index (κ1) is 14.7. The molecule has 0 aliphatic carbocycles. The van der Waals surface area contributed by atoms with Gasteiger partial charge in [0, 0.05) is 23.9 Å². The SMILES string of the molecule is CNC(=O)c1ccc(NC(=O)c2ccc(F)c(C)c2)cc1. The first-order chi connectivity index (χ1) is 10.0. The second-order valence-electron chi connectivity index (χ2n) is 4.57. The molecule has 0 aromatic heterocycles. The van der Waals surface area contributed by atoms with Gasteiger partial charge in [0.1, 0.15) is 5.82 Å². The fraction of sp³-hybridized carbons (Fsp3) is 0.125. The first-order valence-electron chi connectivity index (χ1n) is 6.41. The Morgan fingerprint density at radius 2 is 1.57 bits per heavy atom. The summed E-state index contributed by atoms with van der Waals surface area (Å²) >= 11 is 0. The number of nitrogens with one attached hydrogen (secondary N) is 2. The maximum absolute atomic E-state index is 13.2. The predicted molar refractivity (Wildman–Crippen MR) is 78.9 cm³/mol. The Kier molecular flexibility index (Phi) is 4.33. The number of amides is 2. The Labute approximate surface area is 122 Å². The molecule has 4 nitrogen and oxygen atoms in total. The third kappa shape index (κ3) is 3.45. The fourth-order valence-corrected chi connectivity index (χ4v) is 1.84. The predicted octanol–water partition coefficient (Wildman–Crippen LogP) is 2.75. The standard InChI is InChI=1S/C16H15FN2O2/c1-10-9-12(5-8-14(10)17)16(21)19-13-6-3-11(4-7-13)15(20)18-2/h3-9H,1-2H3,(H,18,20)(H,19,21). The van der Waals surface area contributed by atoms with Crippen LogP contribution in [0.15, 0.2) is 42.5 Å². The van der Waals surface area contributed by atoms with E-state index in [4.69, 9.17) is 0 Å². The van der Waals surface area contributed by atoms with Crippen molar-refractivity contribution >= 4 is 17.5 Å². The fourth-order valence-electron chi connectivity index (χ4n) is 1.84. The van der Waals surface area contributed by atoms with Crippen LogP contribution >= 0.6 is 0 Å². The summed E-state index contributed by atoms with van der Waals surface area (Å²) < 4.78 is 13.2. The number of hydrogen-bond donors (Lipinski definition) is 2. The molecule has 5 heteroatoms. The van der Waals surface area contributed by atoms with Crippen LogP contribution in [0, 0.1) is 12.7 Å². The van der Waals surface area contributed by atoms with Crippen molar-refractivity contribution < 1.29 is 14.0 Å². The summed E-state index contributed by atoms with van der Waals surface area (Å²) in [5, 5.41) is 5.21. The summed E-state index contributed by atoms with van der Waals surface area (Å²) in [4.78, 5) is 23.4. The molecule has 108 valence electrons. The molecule has 2 N–H and O–H groups in total. The zero-order chi connectivity index (χ0) is 15.4. The van der Waals surface area contributed by atoms with Crippen LogP contribution in [0.3, 0.4) is 0 Å². The van der Waals surface area contributed by atoms with E-state index >= 15 is 0 Å². The second kappa shape index (κ2) is 6.17. The molecular formula is C16H15FN2O2. The molecule has 0 saturated carbocycles. The smallest absolute Gasteiger partial charge is 0.255 e. The Bertz CT molecular complexity index is 681. The van der Waals surface area contributed by atoms with Gasteiger partial charge in [-0.15, -0.1) is 0 Å². The Morgan fingerprint density at radius 3 is 2.14 bits per heavy atom. The lowest BCUT2D eigenvalue weighted by Crippen LogP contribution is -2.18. The molecule has 0 fully saturated rings. The molecule has 0 saturated heterocycles. The molecular weight excluding hydrogens is 271 g/mol. The van der Waals surface area contributed by atoms with Gasteiger partial charge in [-0.1, -0.05) is 0 Å². The highest BCUT2D eigenvalue weighted by molar-refractivity contribution is 6.04. The molecule has 0 aliphatic heterocycles. The molecule has 0 unspecified atom stereocenters. The van der Waals surface area contributed by atoms with E-state index in [2.05, 4.69) is 10.6 Å². The van der Waals surface area contributed by atoms with Gasteiger partial charge in [-0.05, 0) is 55.0 Å². The molecule has 21 heavy (non-hydrogen) atoms. The van der Waals surface area contributed by atoms with Crippen molar-refractivity contribution in [3.63, 3.8) is 0 Å². The second-order valence-corrected chi connectivity index (χ2v) is 4.57. The number of anilines is 1. The normalized spacial score (nSPS) is 10.0. The highest BCUT2D eigenvalue weighted by atomic mass is 19.1. The van der Waals surface area contributed by atoms with E-state index in [1.165, 1.54) is 18.2 Å². The zero-order valence-corrected chi connectivity index (χ0v) is 11.7. The summed E-state index contributed by atoms with van der Waals surface area (Å²) in [6.07, 6.45) is 0. The third-order valence-corrected chi connectivity index (χ3v) is 3.05. The quantitative estimate of drug-likeness (QED) is 0.911. The summed E-state index contributed by atoms with van der Waals surface area (Å²) in [6.45, 7) is 1.60. The van der Waals surface area contributed by atoms with Gasteiger partial charge < -0.3 is 10.6 Å². The van der Waals surface area contributed by atoms with Gasteiger partial charge in [0.2, 0.25) is 0 Å². The Hall–Kier alpha value is -2.69. The lowest BCUT2D eigenvalue weighted by atomic mass is 10.1. The van der Waals surface area contributed by atoms with Crippen molar-refractivity contribution in [2.24, 2.45) is 0 Å². The average Bonchev–Trinajstić information content (AvgIpc) is 2.50. The van der Waals surface area contributed by atoms with Gasteiger partial charge in [-0.3, -0.25) is 9.59 Å². The molecule has 0 heterocycles. The lowest BCUT2D eigenvalue weighted by molar-refractivity contribution is 0.0962. The van der Waals surface area contributed by atoms with Crippen LogP contribution in [0.2, 0.25) is 0 Å². The number of rotatable bonds is 3. The molecule has 2 rings (SSSR count). The number of carbonyl (C=O) groups excluding carboxylic acids is 2. The van der Waals surface area contributed by atoms with Crippen LogP contribution in [-0.4, -0.2) is 18.9 Å². The number of benzene rings is 2. The highest BCUT2D eigenvalue weighted by Gasteiger charge is 2.09. The minimum Gasteiger partial charge on any atom is -0.355 e. The van der Waals surface area contributed by atoms with E-state index in [-0.39, 0.29) is 17.6 Å². The van der Waals surface area contributed by atoms with Gasteiger partial charge in [-0.2, -0.15) is 0 Å². The lowest BCUT2D eigenvalue weighted by Gasteiger charge is -2.07. The first-order valence-corrected chi connectivity index (χ1v) is 6.41. The largest absolute Gasteiger partial charge is 0.355 e. The maximum Gasteiger partial charge on any atom is 0.255 e. The van der Waals surface area contributed by atoms with E-state index in [0.717, 1.165) is 0 Å². The number of aryl methyl sites for hydroxylation is 1. The van der Waals surface area contributed by atoms with Crippen LogP contribution < -0.4 is 10.6 Å². The summed E-state index contributed by atoms with van der Waals surface area (Å²) in [6, 6.07) is 10.7. The Balaban J connectivity index is 2.12. The van der Waals surface area contributed by atoms with Gasteiger partial charge in [-0.25, -0.2) is 4.39 Å². The van der Waals surface area contributed by atoms with Crippen LogP contribution in [0.5, 0.6) is 0 Å². The molecule has 2 aromatic carbocycles. The monoisotopic (exact) mass is 286 g/mol. The van der Waals surface area contributed by atoms with Gasteiger partial charge >= 0.3 is 0 Å². The van der Waals surface area contributed by atoms with Crippen LogP contribution in [0.25, 0.3) is 0 Å². The molecule has 2 aromatic rings. The van der Waals surface area contributed by atoms with E-state index < -0.39 is 0 Å². The van der Waals surface area contributed by atoms with Crippen molar-refractivity contribution in [2.45, 2.75) is 6.92 Å². The van der Waals surface area contributed by atoms with Crippen LogP contribution in [0.4, 0.5) is 10.1 Å². The molecule has 2 amide bonds. The zero-order valence-electron chi connectivity index (χ0n) is 11.7. The van der Waals surface area contributed by atoms with E-state index in [9.17, 15) is 14.0 Å². The van der Waals surface area contributed by atoms with Crippen molar-refractivity contribution in [3.8, 4) is 0 Å². The Morgan fingerprint density at radius 1 is 0.952 bits per heavy atom. The molecule has 0 aliphatic rings. The number of carbonyl (C=O) groups is 2. The summed E-state index contributed by atoms with van der Waals surface area (Å²) in [5.74, 6) is -0.866. The van der Waals surface area contributed by atoms with E-state index in [1.54, 1.807) is 38.2 Å². The molecule has 0 radical (unpaired) electrons. The summed E-state index contributed by atoms with van der Waals surface area (Å²) in [5.41, 5.74) is 1.87. The summed E-state index contributed by atoms with van der Waals surface area (Å²) in [7, 11) is 1.55. The van der Waals surface area contributed by atoms with Crippen molar-refractivity contribution in [1.29, 1.82) is 0 Å². The van der Waals surface area contributed by atoms with E-state index in [0.29, 0.717) is 22.4 Å². The van der Waals surface area contributed by atoms with Crippen molar-refractivity contribution in [3.05, 3.63) is 65.0 Å². The van der Waals surface area contributed by atoms with Crippen molar-refractivity contribution in [1.82, 2.24) is 5.32 Å². The van der Waals surface area contributed by atoms with E-state index in [1.807, 2.05) is 0 Å². The van der Waals surface area contributed by atoms with Crippen molar-refractivity contribution in [2.75, 3.05) is 12.4 Å². The highest BCUT2D eigenvalue weighted by Crippen LogP contribution is 2.13.